The number of hydrogen-bond acceptors (Lipinski definition) is 9. The van der Waals surface area contributed by atoms with Crippen LogP contribution in [0, 0.1) is 0 Å². The Kier molecular flexibility index (Phi) is 11.2. The maximum absolute atomic E-state index is 12.9. The predicted molar refractivity (Wildman–Crippen MR) is 150 cm³/mol. The van der Waals surface area contributed by atoms with Crippen LogP contribution in [0.15, 0.2) is 71.8 Å². The van der Waals surface area contributed by atoms with E-state index in [0.29, 0.717) is 42.7 Å². The Morgan fingerprint density at radius 2 is 1.61 bits per heavy atom. The van der Waals surface area contributed by atoms with Crippen molar-refractivity contribution in [2.45, 2.75) is 51.0 Å². The number of amides is 2. The maximum atomic E-state index is 12.9. The predicted octanol–water partition coefficient (Wildman–Crippen LogP) is 4.28. The van der Waals surface area contributed by atoms with Crippen molar-refractivity contribution in [1.29, 1.82) is 0 Å². The van der Waals surface area contributed by atoms with Gasteiger partial charge in [0.05, 0.1) is 17.1 Å². The Morgan fingerprint density at radius 1 is 0.902 bits per heavy atom. The second-order valence-electron chi connectivity index (χ2n) is 8.84. The highest BCUT2D eigenvalue weighted by atomic mass is 32.2. The van der Waals surface area contributed by atoms with Gasteiger partial charge in [-0.1, -0.05) is 26.0 Å². The first-order chi connectivity index (χ1) is 19.6. The molecule has 0 fully saturated rings. The highest BCUT2D eigenvalue weighted by Crippen LogP contribution is 2.15. The molecule has 41 heavy (non-hydrogen) atoms. The van der Waals surface area contributed by atoms with Gasteiger partial charge in [0.2, 0.25) is 5.88 Å². The molecule has 1 aromatic heterocycles. The molecule has 0 saturated heterocycles. The normalized spacial score (nSPS) is 11.0. The van der Waals surface area contributed by atoms with Crippen LogP contribution in [-0.2, 0) is 21.2 Å². The van der Waals surface area contributed by atoms with Crippen LogP contribution in [0.1, 0.15) is 59.9 Å². The average Bonchev–Trinajstić information content (AvgIpc) is 2.96. The topological polar surface area (TPSA) is 150 Å². The number of pyridine rings is 1. The van der Waals surface area contributed by atoms with Gasteiger partial charge in [-0.3, -0.25) is 9.59 Å². The second kappa shape index (κ2) is 14.8. The standard InChI is InChI=1S/C29H33N3O8S/c1-4-23(5-2)39-29(35)40-26-15-12-22(19-31-26)28(34)32-41(36,37)25-9-7-8-20(18-25)16-17-30-27(33)21-10-13-24(14-11-21)38-6-3/h7-15,18-19,23H,4-6,16-17H2,1-3H3,(H,30,33)(H,32,34). The largest absolute Gasteiger partial charge is 0.515 e. The van der Waals surface area contributed by atoms with Crippen molar-refractivity contribution in [3.8, 4) is 11.6 Å². The summed E-state index contributed by atoms with van der Waals surface area (Å²) in [6.07, 6.45) is 1.54. The zero-order valence-corrected chi connectivity index (χ0v) is 23.9. The number of rotatable bonds is 13. The summed E-state index contributed by atoms with van der Waals surface area (Å²) in [5.74, 6) is -0.595. The van der Waals surface area contributed by atoms with E-state index < -0.39 is 22.1 Å². The molecule has 11 nitrogen and oxygen atoms in total. The highest BCUT2D eigenvalue weighted by molar-refractivity contribution is 7.90. The zero-order valence-electron chi connectivity index (χ0n) is 23.1. The highest BCUT2D eigenvalue weighted by Gasteiger charge is 2.20. The lowest BCUT2D eigenvalue weighted by Gasteiger charge is -2.13. The van der Waals surface area contributed by atoms with E-state index in [1.807, 2.05) is 25.5 Å². The first-order valence-corrected chi connectivity index (χ1v) is 14.6. The summed E-state index contributed by atoms with van der Waals surface area (Å²) in [6, 6.07) is 15.4. The van der Waals surface area contributed by atoms with Crippen LogP contribution < -0.4 is 19.5 Å². The van der Waals surface area contributed by atoms with Crippen molar-refractivity contribution in [2.24, 2.45) is 0 Å². The van der Waals surface area contributed by atoms with Gasteiger partial charge < -0.3 is 19.5 Å². The summed E-state index contributed by atoms with van der Waals surface area (Å²) in [6.45, 7) is 6.43. The third-order valence-electron chi connectivity index (χ3n) is 5.92. The summed E-state index contributed by atoms with van der Waals surface area (Å²) in [5.41, 5.74) is 1.07. The van der Waals surface area contributed by atoms with Crippen LogP contribution >= 0.6 is 0 Å². The fraction of sp³-hybridized carbons (Fsp3) is 0.310. The molecule has 3 rings (SSSR count). The van der Waals surface area contributed by atoms with E-state index in [1.54, 1.807) is 36.4 Å². The number of nitrogens with one attached hydrogen (secondary N) is 2. The molecule has 2 aromatic carbocycles. The minimum Gasteiger partial charge on any atom is -0.494 e. The number of carbonyl (C=O) groups is 3. The van der Waals surface area contributed by atoms with E-state index in [-0.39, 0.29) is 34.9 Å². The number of sulfonamides is 1. The monoisotopic (exact) mass is 583 g/mol. The maximum Gasteiger partial charge on any atom is 0.515 e. The van der Waals surface area contributed by atoms with Crippen LogP contribution in [0.4, 0.5) is 4.79 Å². The van der Waals surface area contributed by atoms with Crippen LogP contribution in [0.2, 0.25) is 0 Å². The average molecular weight is 584 g/mol. The second-order valence-corrected chi connectivity index (χ2v) is 10.5. The summed E-state index contributed by atoms with van der Waals surface area (Å²) < 4.78 is 43.2. The van der Waals surface area contributed by atoms with Gasteiger partial charge >= 0.3 is 6.16 Å². The molecule has 0 unspecified atom stereocenters. The van der Waals surface area contributed by atoms with Crippen molar-refractivity contribution >= 4 is 28.0 Å². The molecular formula is C29H33N3O8S. The minimum atomic E-state index is -4.20. The number of carbonyl (C=O) groups excluding carboxylic acids is 3. The molecule has 2 amide bonds. The van der Waals surface area contributed by atoms with E-state index in [2.05, 4.69) is 10.3 Å². The lowest BCUT2D eigenvalue weighted by molar-refractivity contribution is 0.0538. The molecule has 0 bridgehead atoms. The lowest BCUT2D eigenvalue weighted by atomic mass is 10.1. The number of nitrogens with zero attached hydrogens (tertiary/aromatic N) is 1. The van der Waals surface area contributed by atoms with Crippen LogP contribution in [0.3, 0.4) is 0 Å². The van der Waals surface area contributed by atoms with Crippen molar-refractivity contribution in [1.82, 2.24) is 15.0 Å². The summed E-state index contributed by atoms with van der Waals surface area (Å²) >= 11 is 0. The molecule has 0 atom stereocenters. The molecule has 0 saturated carbocycles. The lowest BCUT2D eigenvalue weighted by Crippen LogP contribution is -2.30. The van der Waals surface area contributed by atoms with E-state index in [4.69, 9.17) is 14.2 Å². The van der Waals surface area contributed by atoms with Crippen molar-refractivity contribution < 1.29 is 37.0 Å². The van der Waals surface area contributed by atoms with Gasteiger partial charge in [-0.15, -0.1) is 0 Å². The third kappa shape index (κ3) is 9.31. The molecule has 3 aromatic rings. The van der Waals surface area contributed by atoms with E-state index in [1.165, 1.54) is 24.3 Å². The van der Waals surface area contributed by atoms with Gasteiger partial charge in [-0.25, -0.2) is 22.9 Å². The number of hydrogen-bond donors (Lipinski definition) is 2. The van der Waals surface area contributed by atoms with E-state index >= 15 is 0 Å². The summed E-state index contributed by atoms with van der Waals surface area (Å²) in [5, 5.41) is 2.80. The van der Waals surface area contributed by atoms with Gasteiger partial charge in [0.15, 0.2) is 0 Å². The molecule has 0 aliphatic carbocycles. The van der Waals surface area contributed by atoms with Gasteiger partial charge in [0.25, 0.3) is 21.8 Å². The third-order valence-corrected chi connectivity index (χ3v) is 7.25. The fourth-order valence-electron chi connectivity index (χ4n) is 3.68. The Labute approximate surface area is 239 Å². The van der Waals surface area contributed by atoms with Crippen molar-refractivity contribution in [3.63, 3.8) is 0 Å². The van der Waals surface area contributed by atoms with Crippen molar-refractivity contribution in [2.75, 3.05) is 13.2 Å². The van der Waals surface area contributed by atoms with Gasteiger partial charge in [0.1, 0.15) is 11.9 Å². The molecule has 218 valence electrons. The smallest absolute Gasteiger partial charge is 0.494 e. The Hall–Kier alpha value is -4.45. The fourth-order valence-corrected chi connectivity index (χ4v) is 4.72. The molecule has 0 aliphatic rings. The molecular weight excluding hydrogens is 550 g/mol. The Morgan fingerprint density at radius 3 is 2.24 bits per heavy atom. The number of ether oxygens (including phenoxy) is 3. The molecule has 1 heterocycles. The SMILES string of the molecule is CCOc1ccc(C(=O)NCCc2cccc(S(=O)(=O)NC(=O)c3ccc(OC(=O)OC(CC)CC)nc3)c2)cc1. The molecule has 12 heteroatoms. The van der Waals surface area contributed by atoms with Gasteiger partial charge in [-0.05, 0) is 74.2 Å². The zero-order chi connectivity index (χ0) is 29.8. The number of benzene rings is 2. The van der Waals surface area contributed by atoms with Crippen LogP contribution in [0.25, 0.3) is 0 Å². The Bertz CT molecular complexity index is 1440. The first kappa shape index (κ1) is 31.1. The minimum absolute atomic E-state index is 0.0533. The van der Waals surface area contributed by atoms with E-state index in [0.717, 1.165) is 6.20 Å². The molecule has 2 N–H and O–H groups in total. The number of aromatic nitrogens is 1. The van der Waals surface area contributed by atoms with Gasteiger partial charge in [0, 0.05) is 24.4 Å². The molecule has 0 radical (unpaired) electrons. The summed E-state index contributed by atoms with van der Waals surface area (Å²) in [4.78, 5) is 40.6. The van der Waals surface area contributed by atoms with E-state index in [9.17, 15) is 22.8 Å². The molecule has 0 spiro atoms. The van der Waals surface area contributed by atoms with Crippen LogP contribution in [0.5, 0.6) is 11.6 Å². The van der Waals surface area contributed by atoms with Crippen LogP contribution in [-0.4, -0.2) is 50.6 Å². The first-order valence-electron chi connectivity index (χ1n) is 13.2. The quantitative estimate of drug-likeness (QED) is 0.281. The Balaban J connectivity index is 1.55. The van der Waals surface area contributed by atoms with Gasteiger partial charge in [-0.2, -0.15) is 0 Å². The summed E-state index contributed by atoms with van der Waals surface area (Å²) in [7, 11) is -4.20. The van der Waals surface area contributed by atoms with Crippen molar-refractivity contribution in [3.05, 3.63) is 83.6 Å². The molecule has 0 aliphatic heterocycles.